The summed E-state index contributed by atoms with van der Waals surface area (Å²) < 4.78 is 11.1. The number of nitrogens with zero attached hydrogens (tertiary/aromatic N) is 2. The third kappa shape index (κ3) is 6.48. The van der Waals surface area contributed by atoms with Crippen molar-refractivity contribution in [2.24, 2.45) is 4.99 Å². The first-order valence-corrected chi connectivity index (χ1v) is 9.04. The maximum atomic E-state index is 10.8. The van der Waals surface area contributed by atoms with E-state index < -0.39 is 4.92 Å². The molecule has 2 aromatic rings. The van der Waals surface area contributed by atoms with Gasteiger partial charge in [-0.1, -0.05) is 12.1 Å². The van der Waals surface area contributed by atoms with E-state index >= 15 is 0 Å². The maximum absolute atomic E-state index is 10.8. The minimum atomic E-state index is -0.409. The highest BCUT2D eigenvalue weighted by molar-refractivity contribution is 14.0. The molecule has 1 aliphatic heterocycles. The molecule has 1 aliphatic rings. The van der Waals surface area contributed by atoms with Crippen molar-refractivity contribution in [2.45, 2.75) is 45.0 Å². The third-order valence-corrected chi connectivity index (χ3v) is 4.46. The predicted octanol–water partition coefficient (Wildman–Crippen LogP) is 3.61. The fourth-order valence-electron chi connectivity index (χ4n) is 2.94. The van der Waals surface area contributed by atoms with Crippen LogP contribution in [0.3, 0.4) is 0 Å². The summed E-state index contributed by atoms with van der Waals surface area (Å²) in [6.45, 7) is 3.79. The molecule has 152 valence electrons. The molecule has 0 spiro atoms. The number of ether oxygens (including phenoxy) is 1. The van der Waals surface area contributed by atoms with E-state index in [1.807, 2.05) is 12.1 Å². The Hall–Kier alpha value is -2.14. The number of nitro benzene ring substituents is 1. The van der Waals surface area contributed by atoms with Gasteiger partial charge in [-0.3, -0.25) is 10.1 Å². The molecule has 2 unspecified atom stereocenters. The molecule has 8 nitrogen and oxygen atoms in total. The topological polar surface area (TPSA) is 102 Å². The minimum absolute atomic E-state index is 0. The fourth-order valence-corrected chi connectivity index (χ4v) is 2.94. The van der Waals surface area contributed by atoms with E-state index in [-0.39, 0.29) is 41.8 Å². The van der Waals surface area contributed by atoms with E-state index in [0.717, 1.165) is 30.8 Å². The van der Waals surface area contributed by atoms with Crippen LogP contribution in [0, 0.1) is 10.1 Å². The zero-order valence-corrected chi connectivity index (χ0v) is 18.0. The Bertz CT molecular complexity index is 759. The number of hydrogen-bond acceptors (Lipinski definition) is 5. The smallest absolute Gasteiger partial charge is 0.269 e. The summed E-state index contributed by atoms with van der Waals surface area (Å²) in [6.07, 6.45) is 3.90. The van der Waals surface area contributed by atoms with Gasteiger partial charge in [-0.15, -0.1) is 24.0 Å². The molecule has 0 bridgehead atoms. The molecule has 0 radical (unpaired) electrons. The molecule has 2 N–H and O–H groups in total. The van der Waals surface area contributed by atoms with Gasteiger partial charge in [-0.25, -0.2) is 4.99 Å². The van der Waals surface area contributed by atoms with Crippen LogP contribution in [0.25, 0.3) is 0 Å². The van der Waals surface area contributed by atoms with E-state index in [9.17, 15) is 10.1 Å². The van der Waals surface area contributed by atoms with Crippen molar-refractivity contribution in [2.75, 3.05) is 6.61 Å². The summed E-state index contributed by atoms with van der Waals surface area (Å²) in [5.41, 5.74) is 0.966. The second-order valence-electron chi connectivity index (χ2n) is 6.51. The molecule has 1 saturated heterocycles. The second-order valence-corrected chi connectivity index (χ2v) is 6.51. The average Bonchev–Trinajstić information content (AvgIpc) is 3.38. The van der Waals surface area contributed by atoms with Gasteiger partial charge < -0.3 is 19.8 Å². The van der Waals surface area contributed by atoms with Crippen LogP contribution in [0.1, 0.15) is 31.1 Å². The molecule has 9 heteroatoms. The third-order valence-electron chi connectivity index (χ3n) is 4.46. The van der Waals surface area contributed by atoms with Crippen molar-refractivity contribution in [1.82, 2.24) is 10.6 Å². The van der Waals surface area contributed by atoms with Crippen LogP contribution in [0.4, 0.5) is 5.69 Å². The van der Waals surface area contributed by atoms with Gasteiger partial charge in [0.25, 0.3) is 5.69 Å². The predicted molar refractivity (Wildman–Crippen MR) is 117 cm³/mol. The lowest BCUT2D eigenvalue weighted by Crippen LogP contribution is -2.46. The first kappa shape index (κ1) is 22.2. The van der Waals surface area contributed by atoms with Crippen LogP contribution >= 0.6 is 24.0 Å². The average molecular weight is 500 g/mol. The standard InChI is InChI=1S/C19H24N4O4.HI/c1-14(18-5-3-11-27-18)22-19(21-13-17-4-2-10-26-17)20-12-15-6-8-16(9-7-15)23(24)25;/h2,4,6-10,14,18H,3,5,11-13H2,1H3,(H2,20,21,22);1H. The highest BCUT2D eigenvalue weighted by atomic mass is 127. The van der Waals surface area contributed by atoms with Crippen molar-refractivity contribution in [3.63, 3.8) is 0 Å². The second kappa shape index (κ2) is 11.0. The molecule has 1 fully saturated rings. The number of aliphatic imine (C=N–C) groups is 1. The number of rotatable bonds is 7. The molecule has 3 rings (SSSR count). The Morgan fingerprint density at radius 3 is 2.75 bits per heavy atom. The zero-order valence-electron chi connectivity index (χ0n) is 15.7. The van der Waals surface area contributed by atoms with Crippen molar-refractivity contribution >= 4 is 35.6 Å². The van der Waals surface area contributed by atoms with Crippen LogP contribution in [0.2, 0.25) is 0 Å². The molecule has 28 heavy (non-hydrogen) atoms. The van der Waals surface area contributed by atoms with Gasteiger partial charge in [-0.2, -0.15) is 0 Å². The molecular formula is C19H25IN4O4. The highest BCUT2D eigenvalue weighted by Gasteiger charge is 2.23. The maximum Gasteiger partial charge on any atom is 0.269 e. The first-order chi connectivity index (χ1) is 13.1. The molecular weight excluding hydrogens is 475 g/mol. The highest BCUT2D eigenvalue weighted by Crippen LogP contribution is 2.16. The van der Waals surface area contributed by atoms with E-state index in [0.29, 0.717) is 19.0 Å². The van der Waals surface area contributed by atoms with Crippen LogP contribution in [0.5, 0.6) is 0 Å². The lowest BCUT2D eigenvalue weighted by atomic mass is 10.1. The molecule has 1 aromatic heterocycles. The molecule has 0 aliphatic carbocycles. The van der Waals surface area contributed by atoms with Gasteiger partial charge in [0.2, 0.25) is 0 Å². The van der Waals surface area contributed by atoms with Crippen molar-refractivity contribution in [3.05, 3.63) is 64.1 Å². The van der Waals surface area contributed by atoms with Gasteiger partial charge in [0, 0.05) is 18.7 Å². The van der Waals surface area contributed by atoms with Crippen molar-refractivity contribution in [1.29, 1.82) is 0 Å². The lowest BCUT2D eigenvalue weighted by Gasteiger charge is -2.22. The van der Waals surface area contributed by atoms with Crippen LogP contribution in [-0.2, 0) is 17.8 Å². The number of nitrogens with one attached hydrogen (secondary N) is 2. The number of halogens is 1. The first-order valence-electron chi connectivity index (χ1n) is 9.04. The largest absolute Gasteiger partial charge is 0.467 e. The van der Waals surface area contributed by atoms with E-state index in [1.54, 1.807) is 18.4 Å². The summed E-state index contributed by atoms with van der Waals surface area (Å²) in [7, 11) is 0. The fraction of sp³-hybridized carbons (Fsp3) is 0.421. The van der Waals surface area contributed by atoms with Crippen molar-refractivity contribution < 1.29 is 14.1 Å². The lowest BCUT2D eigenvalue weighted by molar-refractivity contribution is -0.384. The monoisotopic (exact) mass is 500 g/mol. The molecule has 2 heterocycles. The Morgan fingerprint density at radius 2 is 2.14 bits per heavy atom. The van der Waals surface area contributed by atoms with Gasteiger partial charge in [-0.05, 0) is 37.5 Å². The molecule has 0 saturated carbocycles. The molecule has 0 amide bonds. The van der Waals surface area contributed by atoms with Gasteiger partial charge in [0.05, 0.1) is 36.4 Å². The van der Waals surface area contributed by atoms with Crippen LogP contribution in [0.15, 0.2) is 52.1 Å². The van der Waals surface area contributed by atoms with E-state index in [2.05, 4.69) is 22.5 Å². The Morgan fingerprint density at radius 1 is 1.36 bits per heavy atom. The number of nitro groups is 1. The Kier molecular flexibility index (Phi) is 8.71. The van der Waals surface area contributed by atoms with Gasteiger partial charge in [0.1, 0.15) is 5.76 Å². The quantitative estimate of drug-likeness (QED) is 0.198. The minimum Gasteiger partial charge on any atom is -0.467 e. The normalized spacial score (nSPS) is 17.6. The number of non-ortho nitro benzene ring substituents is 1. The molecule has 2 atom stereocenters. The number of benzene rings is 1. The summed E-state index contributed by atoms with van der Waals surface area (Å²) in [4.78, 5) is 15.0. The number of guanidine groups is 1. The Balaban J connectivity index is 0.00000280. The number of hydrogen-bond donors (Lipinski definition) is 2. The summed E-state index contributed by atoms with van der Waals surface area (Å²) in [6, 6.07) is 10.3. The summed E-state index contributed by atoms with van der Waals surface area (Å²) in [5, 5.41) is 17.4. The van der Waals surface area contributed by atoms with Gasteiger partial charge in [0.15, 0.2) is 5.96 Å². The zero-order chi connectivity index (χ0) is 19.1. The Labute approximate surface area is 180 Å². The van der Waals surface area contributed by atoms with E-state index in [1.165, 1.54) is 12.1 Å². The molecule has 1 aromatic carbocycles. The SMILES string of the molecule is CC(NC(=NCc1ccc([N+](=O)[O-])cc1)NCc1ccco1)C1CCCO1.I. The van der Waals surface area contributed by atoms with Gasteiger partial charge >= 0.3 is 0 Å². The summed E-state index contributed by atoms with van der Waals surface area (Å²) in [5.74, 6) is 1.46. The van der Waals surface area contributed by atoms with Crippen molar-refractivity contribution in [3.8, 4) is 0 Å². The number of furan rings is 1. The summed E-state index contributed by atoms with van der Waals surface area (Å²) >= 11 is 0. The van der Waals surface area contributed by atoms with Crippen LogP contribution in [-0.4, -0.2) is 29.6 Å². The van der Waals surface area contributed by atoms with E-state index in [4.69, 9.17) is 9.15 Å². The van der Waals surface area contributed by atoms with Crippen LogP contribution < -0.4 is 10.6 Å².